The number of hydrogen-bond donors (Lipinski definition) is 2. The second-order valence-electron chi connectivity index (χ2n) is 13.3. The molecule has 0 amide bonds. The van der Waals surface area contributed by atoms with Gasteiger partial charge in [-0.3, -0.25) is 0 Å². The molecule has 55 heavy (non-hydrogen) atoms. The number of aliphatic imine (C=N–C) groups is 4. The van der Waals surface area contributed by atoms with Crippen molar-refractivity contribution in [2.75, 3.05) is 29.6 Å². The van der Waals surface area contributed by atoms with E-state index >= 15 is 0 Å². The van der Waals surface area contributed by atoms with E-state index in [0.29, 0.717) is 29.3 Å². The van der Waals surface area contributed by atoms with Gasteiger partial charge in [0.25, 0.3) is 0 Å². The molecule has 0 unspecified atom stereocenters. The third-order valence-corrected chi connectivity index (χ3v) is 9.95. The van der Waals surface area contributed by atoms with Crippen LogP contribution in [0.25, 0.3) is 0 Å². The van der Waals surface area contributed by atoms with E-state index in [9.17, 15) is 0 Å². The lowest BCUT2D eigenvalue weighted by molar-refractivity contribution is 0.711. The number of amidine groups is 3. The van der Waals surface area contributed by atoms with Crippen LogP contribution in [0.1, 0.15) is 33.7 Å². The van der Waals surface area contributed by atoms with E-state index in [2.05, 4.69) is 161 Å². The maximum absolute atomic E-state index is 5.09. The summed E-state index contributed by atoms with van der Waals surface area (Å²) in [7, 11) is 3.86. The minimum atomic E-state index is 0.0642. The molecule has 8 nitrogen and oxygen atoms in total. The monoisotopic (exact) mass is 714 g/mol. The molecule has 3 heterocycles. The first-order chi connectivity index (χ1) is 27.2. The molecule has 8 heteroatoms. The maximum Gasteiger partial charge on any atom is 0.241 e. The Kier molecular flexibility index (Phi) is 8.90. The quantitative estimate of drug-likeness (QED) is 0.139. The second kappa shape index (κ2) is 14.6. The highest BCUT2D eigenvalue weighted by atomic mass is 15.4. The number of anilines is 5. The Morgan fingerprint density at radius 2 is 1.05 bits per heavy atom. The van der Waals surface area contributed by atoms with Crippen LogP contribution in [0.5, 0.6) is 0 Å². The van der Waals surface area contributed by atoms with Gasteiger partial charge in [-0.05, 0) is 83.4 Å². The Bertz CT molecular complexity index is 2340. The highest BCUT2D eigenvalue weighted by Gasteiger charge is 2.32. The van der Waals surface area contributed by atoms with Crippen molar-refractivity contribution < 1.29 is 0 Å². The number of rotatable bonds is 10. The Hall–Kier alpha value is -7.32. The molecule has 6 aromatic rings. The van der Waals surface area contributed by atoms with Crippen molar-refractivity contribution in [3.8, 4) is 0 Å². The predicted octanol–water partition coefficient (Wildman–Crippen LogP) is 10.1. The molecule has 3 aliphatic rings. The first-order valence-electron chi connectivity index (χ1n) is 18.4. The average molecular weight is 715 g/mol. The topological polar surface area (TPSA) is 80.0 Å². The summed E-state index contributed by atoms with van der Waals surface area (Å²) < 4.78 is 0. The lowest BCUT2D eigenvalue weighted by Crippen LogP contribution is -2.41. The molecule has 3 aliphatic heterocycles. The van der Waals surface area contributed by atoms with E-state index in [0.717, 1.165) is 39.6 Å². The van der Waals surface area contributed by atoms with Crippen molar-refractivity contribution in [1.29, 1.82) is 0 Å². The molecule has 0 bridgehead atoms. The molecule has 266 valence electrons. The lowest BCUT2D eigenvalue weighted by atomic mass is 9.84. The highest BCUT2D eigenvalue weighted by molar-refractivity contribution is 6.26. The van der Waals surface area contributed by atoms with Crippen molar-refractivity contribution in [3.05, 3.63) is 210 Å². The summed E-state index contributed by atoms with van der Waals surface area (Å²) in [6.45, 7) is 0. The zero-order valence-electron chi connectivity index (χ0n) is 30.5. The van der Waals surface area contributed by atoms with Gasteiger partial charge in [-0.2, -0.15) is 9.98 Å². The molecule has 0 radical (unpaired) electrons. The third-order valence-electron chi connectivity index (χ3n) is 9.95. The largest absolute Gasteiger partial charge is 0.388 e. The van der Waals surface area contributed by atoms with E-state index in [1.54, 1.807) is 0 Å². The molecule has 0 fully saturated rings. The van der Waals surface area contributed by atoms with Gasteiger partial charge >= 0.3 is 0 Å². The van der Waals surface area contributed by atoms with Gasteiger partial charge in [0.05, 0.1) is 0 Å². The van der Waals surface area contributed by atoms with Crippen LogP contribution in [0.15, 0.2) is 202 Å². The zero-order valence-corrected chi connectivity index (χ0v) is 30.5. The first kappa shape index (κ1) is 33.5. The van der Waals surface area contributed by atoms with Crippen molar-refractivity contribution in [2.45, 2.75) is 5.92 Å². The van der Waals surface area contributed by atoms with Gasteiger partial charge in [-0.25, -0.2) is 14.9 Å². The van der Waals surface area contributed by atoms with E-state index in [-0.39, 0.29) is 5.92 Å². The van der Waals surface area contributed by atoms with E-state index in [1.807, 2.05) is 49.4 Å². The molecule has 6 aromatic carbocycles. The number of hydrogen-bond acceptors (Lipinski definition) is 8. The van der Waals surface area contributed by atoms with E-state index in [4.69, 9.17) is 20.0 Å². The van der Waals surface area contributed by atoms with Crippen LogP contribution in [0.2, 0.25) is 0 Å². The van der Waals surface area contributed by atoms with Gasteiger partial charge in [-0.15, -0.1) is 0 Å². The van der Waals surface area contributed by atoms with Gasteiger partial charge in [-0.1, -0.05) is 109 Å². The predicted molar refractivity (Wildman–Crippen MR) is 227 cm³/mol. The van der Waals surface area contributed by atoms with Crippen LogP contribution in [-0.2, 0) is 0 Å². The van der Waals surface area contributed by atoms with Gasteiger partial charge in [0, 0.05) is 59.6 Å². The zero-order chi connectivity index (χ0) is 37.1. The fraction of sp³-hybridized carbons (Fsp3) is 0.0638. The molecular weight excluding hydrogens is 677 g/mol. The van der Waals surface area contributed by atoms with Crippen LogP contribution >= 0.6 is 0 Å². The molecule has 9 rings (SSSR count). The van der Waals surface area contributed by atoms with Crippen molar-refractivity contribution in [2.24, 2.45) is 20.0 Å². The number of nitrogens with zero attached hydrogens (tertiary/aromatic N) is 6. The normalized spacial score (nSPS) is 14.2. The number of allylic oxidation sites excluding steroid dienone is 2. The third kappa shape index (κ3) is 6.40. The Morgan fingerprint density at radius 1 is 0.509 bits per heavy atom. The summed E-state index contributed by atoms with van der Waals surface area (Å²) in [4.78, 5) is 24.4. The molecule has 0 aromatic heterocycles. The molecule has 0 aliphatic carbocycles. The second-order valence-corrected chi connectivity index (χ2v) is 13.3. The van der Waals surface area contributed by atoms with Crippen molar-refractivity contribution in [1.82, 2.24) is 4.90 Å². The average Bonchev–Trinajstić information content (AvgIpc) is 3.25. The number of nitrogens with one attached hydrogen (secondary N) is 2. The molecule has 0 spiro atoms. The Morgan fingerprint density at radius 3 is 1.65 bits per heavy atom. The fourth-order valence-corrected chi connectivity index (χ4v) is 7.37. The summed E-state index contributed by atoms with van der Waals surface area (Å²) in [5.74, 6) is 3.15. The number of guanidine groups is 1. The summed E-state index contributed by atoms with van der Waals surface area (Å²) in [5.41, 5.74) is 10.3. The van der Waals surface area contributed by atoms with Crippen LogP contribution in [0.3, 0.4) is 0 Å². The minimum Gasteiger partial charge on any atom is -0.388 e. The lowest BCUT2D eigenvalue weighted by Gasteiger charge is -2.32. The fourth-order valence-electron chi connectivity index (χ4n) is 7.37. The van der Waals surface area contributed by atoms with Crippen molar-refractivity contribution >= 4 is 51.9 Å². The number of benzene rings is 6. The molecular formula is C47H38N8. The van der Waals surface area contributed by atoms with E-state index < -0.39 is 0 Å². The van der Waals surface area contributed by atoms with Crippen LogP contribution < -0.4 is 15.5 Å². The van der Waals surface area contributed by atoms with Crippen molar-refractivity contribution in [3.63, 3.8) is 0 Å². The standard InChI is InChI=1S/C47H38N8/c1-48-40-30-34(44(32-16-7-3-8-17-32)33-18-9-4-10-19-33)26-28-38(40)45-50-42-24-15-25-43-51-46(53-47(52-45)55(42)43)39-29-27-37(31-41(39)49-2)54(35-20-11-5-12-21-35)36-22-13-6-14-23-36/h3-31,44,48-49H,1-2H3. The summed E-state index contributed by atoms with van der Waals surface area (Å²) in [6.07, 6.45) is 5.91. The van der Waals surface area contributed by atoms with Gasteiger partial charge in [0.1, 0.15) is 11.7 Å². The molecule has 2 N–H and O–H groups in total. The first-order valence-corrected chi connectivity index (χ1v) is 18.4. The highest BCUT2D eigenvalue weighted by Crippen LogP contribution is 2.38. The Balaban J connectivity index is 1.10. The maximum atomic E-state index is 5.09. The van der Waals surface area contributed by atoms with Gasteiger partial charge in [0.2, 0.25) is 5.96 Å². The summed E-state index contributed by atoms with van der Waals surface area (Å²) in [6, 6.07) is 54.8. The SMILES string of the molecule is CNc1cc(N(c2ccccc2)c2ccccc2)ccc1C1=NC2=CC=CC3=NC(c4ccc(C(c5ccccc5)c5ccccc5)cc4NC)=NC(=N1)N23. The van der Waals surface area contributed by atoms with Crippen LogP contribution in [0, 0.1) is 0 Å². The smallest absolute Gasteiger partial charge is 0.241 e. The summed E-state index contributed by atoms with van der Waals surface area (Å²) >= 11 is 0. The summed E-state index contributed by atoms with van der Waals surface area (Å²) in [5, 5.41) is 6.85. The van der Waals surface area contributed by atoms with Gasteiger partial charge in [0.15, 0.2) is 11.7 Å². The Labute approximate surface area is 321 Å². The molecule has 0 saturated heterocycles. The van der Waals surface area contributed by atoms with Crippen LogP contribution in [0.4, 0.5) is 28.4 Å². The van der Waals surface area contributed by atoms with E-state index in [1.165, 1.54) is 16.7 Å². The molecule has 0 saturated carbocycles. The number of para-hydroxylation sites is 2. The minimum absolute atomic E-state index is 0.0642. The van der Waals surface area contributed by atoms with Crippen LogP contribution in [-0.4, -0.2) is 42.5 Å². The van der Waals surface area contributed by atoms with Gasteiger partial charge < -0.3 is 15.5 Å². The molecule has 0 atom stereocenters.